The molecule has 1 atom stereocenters. The molecule has 0 aliphatic rings. The monoisotopic (exact) mass is 620 g/mol. The summed E-state index contributed by atoms with van der Waals surface area (Å²) in [6.45, 7) is 6.37. The molecular formula is C31H33FN6O7. The Labute approximate surface area is 257 Å². The van der Waals surface area contributed by atoms with Crippen LogP contribution < -0.4 is 20.9 Å². The smallest absolute Gasteiger partial charge is 0.411 e. The van der Waals surface area contributed by atoms with Crippen LogP contribution >= 0.6 is 0 Å². The van der Waals surface area contributed by atoms with Crippen molar-refractivity contribution in [2.75, 3.05) is 19.5 Å². The number of nitrogens with one attached hydrogen (secondary N) is 2. The molecule has 2 aromatic heterocycles. The molecular weight excluding hydrogens is 587 g/mol. The molecule has 0 aliphatic carbocycles. The average Bonchev–Trinajstić information content (AvgIpc) is 3.53. The molecule has 0 bridgehead atoms. The van der Waals surface area contributed by atoms with E-state index in [4.69, 9.17) is 9.15 Å². The number of hydrogen-bond acceptors (Lipinski definition) is 10. The molecule has 0 fully saturated rings. The largest absolute Gasteiger partial charge is 0.494 e. The number of aromatic nitrogens is 4. The molecule has 14 heteroatoms. The van der Waals surface area contributed by atoms with Crippen molar-refractivity contribution in [3.05, 3.63) is 88.2 Å². The molecule has 2 aromatic carbocycles. The van der Waals surface area contributed by atoms with E-state index in [1.54, 1.807) is 64.1 Å². The van der Waals surface area contributed by atoms with E-state index >= 15 is 0 Å². The fraction of sp³-hybridized carbons (Fsp3) is 0.323. The Morgan fingerprint density at radius 3 is 2.40 bits per heavy atom. The quantitative estimate of drug-likeness (QED) is 0.234. The maximum Gasteiger partial charge on any atom is 0.411 e. The molecule has 236 valence electrons. The molecule has 0 aliphatic heterocycles. The molecule has 13 nitrogen and oxygen atoms in total. The van der Waals surface area contributed by atoms with E-state index < -0.39 is 53.1 Å². The highest BCUT2D eigenvalue weighted by Crippen LogP contribution is 2.33. The molecule has 4 aromatic rings. The van der Waals surface area contributed by atoms with Gasteiger partial charge in [0.2, 0.25) is 17.6 Å². The van der Waals surface area contributed by atoms with Crippen LogP contribution in [0.5, 0.6) is 5.75 Å². The number of amides is 2. The van der Waals surface area contributed by atoms with Gasteiger partial charge in [-0.15, -0.1) is 10.2 Å². The number of halogens is 1. The third kappa shape index (κ3) is 7.06. The number of carbonyl (C=O) groups is 3. The van der Waals surface area contributed by atoms with Gasteiger partial charge in [0.05, 0.1) is 31.9 Å². The fourth-order valence-corrected chi connectivity index (χ4v) is 4.49. The Hall–Kier alpha value is -5.40. The summed E-state index contributed by atoms with van der Waals surface area (Å²) in [5, 5.41) is 12.9. The molecule has 2 heterocycles. The number of hydrogen-bond donors (Lipinski definition) is 2. The van der Waals surface area contributed by atoms with Gasteiger partial charge in [0.25, 0.3) is 11.4 Å². The minimum Gasteiger partial charge on any atom is -0.494 e. The normalized spacial score (nSPS) is 12.0. The summed E-state index contributed by atoms with van der Waals surface area (Å²) in [4.78, 5) is 56.3. The fourth-order valence-electron chi connectivity index (χ4n) is 4.49. The Kier molecular flexibility index (Phi) is 9.75. The number of Topliss-reactive ketones (excluding diaryl/α,β-unsaturated/α-hetero) is 1. The molecule has 0 spiro atoms. The highest BCUT2D eigenvalue weighted by atomic mass is 19.1. The zero-order chi connectivity index (χ0) is 32.9. The lowest BCUT2D eigenvalue weighted by Gasteiger charge is -2.22. The van der Waals surface area contributed by atoms with Crippen LogP contribution in [-0.2, 0) is 21.5 Å². The molecule has 0 saturated heterocycles. The lowest BCUT2D eigenvalue weighted by Crippen LogP contribution is -2.46. The minimum atomic E-state index is -1.10. The third-order valence-corrected chi connectivity index (χ3v) is 7.11. The summed E-state index contributed by atoms with van der Waals surface area (Å²) in [6.07, 6.45) is 0.285. The van der Waals surface area contributed by atoms with Crippen LogP contribution in [0.1, 0.15) is 49.8 Å². The minimum absolute atomic E-state index is 0.0595. The van der Waals surface area contributed by atoms with E-state index in [0.717, 1.165) is 11.7 Å². The van der Waals surface area contributed by atoms with Crippen molar-refractivity contribution in [1.82, 2.24) is 25.1 Å². The van der Waals surface area contributed by atoms with Gasteiger partial charge in [0, 0.05) is 5.56 Å². The Balaban J connectivity index is 1.59. The number of methoxy groups -OCH3 is 2. The van der Waals surface area contributed by atoms with Crippen molar-refractivity contribution in [3.63, 3.8) is 0 Å². The molecule has 0 unspecified atom stereocenters. The van der Waals surface area contributed by atoms with Gasteiger partial charge in [0.1, 0.15) is 18.1 Å². The van der Waals surface area contributed by atoms with Crippen LogP contribution in [-0.4, -0.2) is 57.8 Å². The molecule has 4 rings (SSSR count). The van der Waals surface area contributed by atoms with Gasteiger partial charge in [-0.05, 0) is 37.5 Å². The second-order valence-corrected chi connectivity index (χ2v) is 10.9. The van der Waals surface area contributed by atoms with Gasteiger partial charge in [0.15, 0.2) is 11.6 Å². The average molecular weight is 621 g/mol. The summed E-state index contributed by atoms with van der Waals surface area (Å²) < 4.78 is 30.8. The summed E-state index contributed by atoms with van der Waals surface area (Å²) in [6, 6.07) is 12.0. The highest BCUT2D eigenvalue weighted by Gasteiger charge is 2.35. The third-order valence-electron chi connectivity index (χ3n) is 7.11. The number of ketones is 1. The number of ether oxygens (including phenoxy) is 2. The van der Waals surface area contributed by atoms with Crippen molar-refractivity contribution < 1.29 is 32.7 Å². The summed E-state index contributed by atoms with van der Waals surface area (Å²) in [7, 11) is 2.50. The first kappa shape index (κ1) is 32.5. The van der Waals surface area contributed by atoms with Gasteiger partial charge in [-0.2, -0.15) is 0 Å². The predicted octanol–water partition coefficient (Wildman–Crippen LogP) is 3.97. The van der Waals surface area contributed by atoms with E-state index in [1.807, 2.05) is 0 Å². The van der Waals surface area contributed by atoms with E-state index in [1.165, 1.54) is 25.4 Å². The summed E-state index contributed by atoms with van der Waals surface area (Å²) >= 11 is 0. The second kappa shape index (κ2) is 13.5. The number of carbonyl (C=O) groups excluding carboxylic acids is 3. The predicted molar refractivity (Wildman–Crippen MR) is 160 cm³/mol. The lowest BCUT2D eigenvalue weighted by molar-refractivity contribution is -0.122. The molecule has 2 amide bonds. The van der Waals surface area contributed by atoms with Gasteiger partial charge in [-0.3, -0.25) is 24.3 Å². The lowest BCUT2D eigenvalue weighted by atomic mass is 9.84. The second-order valence-electron chi connectivity index (χ2n) is 10.9. The van der Waals surface area contributed by atoms with Gasteiger partial charge < -0.3 is 19.2 Å². The van der Waals surface area contributed by atoms with Crippen molar-refractivity contribution in [2.24, 2.45) is 5.92 Å². The maximum atomic E-state index is 14.4. The van der Waals surface area contributed by atoms with Crippen molar-refractivity contribution >= 4 is 23.5 Å². The standard InChI is InChI=1S/C31H33FN6O7/c1-17(2)24(25(40)27-36-37-29(45-27)31(3,4)19-12-13-22(43-5)20(32)14-19)35-23(39)16-38-26(18-10-8-7-9-11-18)33-15-21(28(38)41)34-30(42)44-6/h7-15,17,24H,16H2,1-6H3,(H,34,42)(H,35,39)/t24-/m1/s1. The van der Waals surface area contributed by atoms with E-state index in [0.29, 0.717) is 11.1 Å². The van der Waals surface area contributed by atoms with Gasteiger partial charge in [-0.25, -0.2) is 14.2 Å². The van der Waals surface area contributed by atoms with Crippen molar-refractivity contribution in [3.8, 4) is 17.1 Å². The SMILES string of the molecule is COC(=O)Nc1cnc(-c2ccccc2)n(CC(=O)N[C@@H](C(=O)c2nnc(C(C)(C)c3ccc(OC)c(F)c3)o2)C(C)C)c1=O. The summed E-state index contributed by atoms with van der Waals surface area (Å²) in [5.41, 5.74) is -0.838. The van der Waals surface area contributed by atoms with Crippen molar-refractivity contribution in [1.29, 1.82) is 0 Å². The van der Waals surface area contributed by atoms with Crippen molar-refractivity contribution in [2.45, 2.75) is 45.7 Å². The van der Waals surface area contributed by atoms with Crippen LogP contribution in [0.25, 0.3) is 11.4 Å². The van der Waals surface area contributed by atoms with E-state index in [9.17, 15) is 23.6 Å². The first-order chi connectivity index (χ1) is 21.4. The molecule has 45 heavy (non-hydrogen) atoms. The van der Waals surface area contributed by atoms with Crippen LogP contribution in [0.3, 0.4) is 0 Å². The maximum absolute atomic E-state index is 14.4. The van der Waals surface area contributed by atoms with Crippen LogP contribution in [0.15, 0.2) is 63.9 Å². The molecule has 0 radical (unpaired) electrons. The van der Waals surface area contributed by atoms with E-state index in [2.05, 4.69) is 30.6 Å². The highest BCUT2D eigenvalue weighted by molar-refractivity contribution is 5.98. The van der Waals surface area contributed by atoms with E-state index in [-0.39, 0.29) is 29.0 Å². The summed E-state index contributed by atoms with van der Waals surface area (Å²) in [5.74, 6) is -2.38. The zero-order valence-electron chi connectivity index (χ0n) is 25.6. The van der Waals surface area contributed by atoms with Crippen LogP contribution in [0.4, 0.5) is 14.9 Å². The molecule has 2 N–H and O–H groups in total. The molecule has 0 saturated carbocycles. The van der Waals surface area contributed by atoms with Crippen LogP contribution in [0, 0.1) is 11.7 Å². The first-order valence-corrected chi connectivity index (χ1v) is 13.9. The Morgan fingerprint density at radius 2 is 1.78 bits per heavy atom. The Morgan fingerprint density at radius 1 is 1.07 bits per heavy atom. The van der Waals surface area contributed by atoms with Crippen LogP contribution in [0.2, 0.25) is 0 Å². The number of rotatable bonds is 11. The topological polar surface area (TPSA) is 168 Å². The number of nitrogens with zero attached hydrogens (tertiary/aromatic N) is 4. The number of anilines is 1. The van der Waals surface area contributed by atoms with Gasteiger partial charge in [-0.1, -0.05) is 50.2 Å². The Bertz CT molecular complexity index is 1770. The van der Waals surface area contributed by atoms with Gasteiger partial charge >= 0.3 is 6.09 Å². The number of benzene rings is 2. The first-order valence-electron chi connectivity index (χ1n) is 13.9. The zero-order valence-corrected chi connectivity index (χ0v) is 25.6.